The summed E-state index contributed by atoms with van der Waals surface area (Å²) >= 11 is 0. The Bertz CT molecular complexity index is 1450. The van der Waals surface area contributed by atoms with Gasteiger partial charge >= 0.3 is 5.97 Å². The second-order valence-corrected chi connectivity index (χ2v) is 10.5. The molecule has 0 saturated carbocycles. The fraction of sp³-hybridized carbons (Fsp3) is 0.292. The van der Waals surface area contributed by atoms with Crippen molar-refractivity contribution >= 4 is 27.0 Å². The summed E-state index contributed by atoms with van der Waals surface area (Å²) in [4.78, 5) is 17.9. The van der Waals surface area contributed by atoms with Crippen molar-refractivity contribution in [3.8, 4) is 11.3 Å². The summed E-state index contributed by atoms with van der Waals surface area (Å²) in [6.07, 6.45) is 1.60. The first-order valence-corrected chi connectivity index (χ1v) is 12.2. The van der Waals surface area contributed by atoms with E-state index in [9.17, 15) is 13.2 Å². The van der Waals surface area contributed by atoms with Crippen molar-refractivity contribution in [3.05, 3.63) is 65.5 Å². The lowest BCUT2D eigenvalue weighted by molar-refractivity contribution is 0.0443. The number of rotatable bonds is 7. The Labute approximate surface area is 198 Å². The molecule has 0 aliphatic carbocycles. The predicted octanol–water partition coefficient (Wildman–Crippen LogP) is 4.19. The van der Waals surface area contributed by atoms with Gasteiger partial charge in [0.05, 0.1) is 22.8 Å². The van der Waals surface area contributed by atoms with Gasteiger partial charge in [0.1, 0.15) is 12.4 Å². The number of esters is 1. The Morgan fingerprint density at radius 1 is 1.15 bits per heavy atom. The van der Waals surface area contributed by atoms with Gasteiger partial charge in [-0.2, -0.15) is 5.10 Å². The van der Waals surface area contributed by atoms with Crippen LogP contribution in [-0.4, -0.2) is 47.6 Å². The number of hydrogen-bond acceptors (Lipinski definition) is 7. The Balaban J connectivity index is 1.67. The maximum atomic E-state index is 13.1. The minimum atomic E-state index is -3.71. The molecule has 0 saturated heterocycles. The van der Waals surface area contributed by atoms with Crippen LogP contribution in [0, 0.1) is 6.92 Å². The third-order valence-corrected chi connectivity index (χ3v) is 7.03. The van der Waals surface area contributed by atoms with E-state index >= 15 is 0 Å². The molecule has 0 bridgehead atoms. The molecule has 0 spiro atoms. The molecule has 0 N–H and O–H groups in total. The molecule has 0 aliphatic rings. The molecule has 4 aromatic rings. The van der Waals surface area contributed by atoms with Crippen LogP contribution < -0.4 is 0 Å². The van der Waals surface area contributed by atoms with Gasteiger partial charge in [0.2, 0.25) is 5.09 Å². The Hall–Kier alpha value is -3.50. The molecular weight excluding hydrogens is 456 g/mol. The number of fused-ring (bicyclic) bond motifs is 1. The number of sulfonamides is 1. The van der Waals surface area contributed by atoms with E-state index in [0.29, 0.717) is 22.3 Å². The van der Waals surface area contributed by atoms with Gasteiger partial charge in [0, 0.05) is 25.7 Å². The van der Waals surface area contributed by atoms with Crippen molar-refractivity contribution in [2.24, 2.45) is 0 Å². The van der Waals surface area contributed by atoms with Crippen LogP contribution in [0.2, 0.25) is 0 Å². The summed E-state index contributed by atoms with van der Waals surface area (Å²) in [5.74, 6) is -0.367. The van der Waals surface area contributed by atoms with Crippen LogP contribution in [0.1, 0.15) is 41.6 Å². The summed E-state index contributed by atoms with van der Waals surface area (Å²) in [5.41, 5.74) is 3.50. The van der Waals surface area contributed by atoms with Gasteiger partial charge in [-0.05, 0) is 39.0 Å². The largest absolute Gasteiger partial charge is 0.454 e. The van der Waals surface area contributed by atoms with Gasteiger partial charge in [-0.15, -0.1) is 0 Å². The number of nitrogens with zero attached hydrogens (tertiary/aromatic N) is 4. The zero-order valence-corrected chi connectivity index (χ0v) is 20.5. The summed E-state index contributed by atoms with van der Waals surface area (Å²) in [6.45, 7) is 5.76. The minimum absolute atomic E-state index is 0.0438. The van der Waals surface area contributed by atoms with Crippen molar-refractivity contribution in [3.63, 3.8) is 0 Å². The zero-order valence-electron chi connectivity index (χ0n) is 19.6. The topological polar surface area (TPSA) is 108 Å². The van der Waals surface area contributed by atoms with Crippen molar-refractivity contribution in [2.45, 2.75) is 38.5 Å². The van der Waals surface area contributed by atoms with E-state index in [2.05, 4.69) is 5.10 Å². The van der Waals surface area contributed by atoms with Crippen LogP contribution in [0.3, 0.4) is 0 Å². The Morgan fingerprint density at radius 2 is 1.85 bits per heavy atom. The monoisotopic (exact) mass is 482 g/mol. The summed E-state index contributed by atoms with van der Waals surface area (Å²) in [7, 11) is -0.890. The van der Waals surface area contributed by atoms with E-state index in [0.717, 1.165) is 15.4 Å². The highest BCUT2D eigenvalue weighted by atomic mass is 32.2. The lowest BCUT2D eigenvalue weighted by atomic mass is 10.1. The Morgan fingerprint density at radius 3 is 2.50 bits per heavy atom. The van der Waals surface area contributed by atoms with Crippen LogP contribution in [0.15, 0.2) is 58.2 Å². The highest BCUT2D eigenvalue weighted by Gasteiger charge is 2.23. The number of carbonyl (C=O) groups excluding carboxylic acids is 1. The van der Waals surface area contributed by atoms with E-state index in [4.69, 9.17) is 14.1 Å². The van der Waals surface area contributed by atoms with E-state index in [1.165, 1.54) is 26.2 Å². The van der Waals surface area contributed by atoms with Crippen LogP contribution in [0.25, 0.3) is 22.3 Å². The molecule has 0 amide bonds. The van der Waals surface area contributed by atoms with E-state index < -0.39 is 16.0 Å². The van der Waals surface area contributed by atoms with Crippen LogP contribution >= 0.6 is 0 Å². The normalized spacial score (nSPS) is 12.1. The third-order valence-electron chi connectivity index (χ3n) is 5.34. The third kappa shape index (κ3) is 4.46. The molecule has 0 atom stereocenters. The molecular formula is C24H26N4O5S. The summed E-state index contributed by atoms with van der Waals surface area (Å²) < 4.78 is 38.1. The number of aryl methyl sites for hydroxylation is 1. The number of ether oxygens (including phenoxy) is 1. The number of hydrogen-bond donors (Lipinski definition) is 0. The fourth-order valence-corrected chi connectivity index (χ4v) is 4.22. The van der Waals surface area contributed by atoms with Crippen LogP contribution in [-0.2, 0) is 21.4 Å². The quantitative estimate of drug-likeness (QED) is 0.364. The maximum Gasteiger partial charge on any atom is 0.339 e. The maximum absolute atomic E-state index is 13.1. The van der Waals surface area contributed by atoms with E-state index in [1.54, 1.807) is 16.9 Å². The first-order valence-electron chi connectivity index (χ1n) is 10.7. The van der Waals surface area contributed by atoms with Gasteiger partial charge in [0.25, 0.3) is 10.0 Å². The lowest BCUT2D eigenvalue weighted by Crippen LogP contribution is -2.21. The van der Waals surface area contributed by atoms with Crippen molar-refractivity contribution in [2.75, 3.05) is 14.1 Å². The van der Waals surface area contributed by atoms with Crippen molar-refractivity contribution in [1.29, 1.82) is 0 Å². The van der Waals surface area contributed by atoms with E-state index in [-0.39, 0.29) is 23.5 Å². The number of aromatic nitrogens is 3. The van der Waals surface area contributed by atoms with Gasteiger partial charge in [-0.3, -0.25) is 0 Å². The highest BCUT2D eigenvalue weighted by molar-refractivity contribution is 7.88. The molecule has 3 heterocycles. The molecule has 9 nitrogen and oxygen atoms in total. The van der Waals surface area contributed by atoms with E-state index in [1.807, 2.05) is 45.0 Å². The summed E-state index contributed by atoms with van der Waals surface area (Å²) in [5, 5.41) is 4.77. The SMILES string of the molecule is Cc1ccc(-c2cc(C(=O)OCc3ccc(S(=O)(=O)N(C)C)o3)c3cnn(C(C)C)c3n2)cc1. The van der Waals surface area contributed by atoms with Gasteiger partial charge in [-0.1, -0.05) is 29.8 Å². The van der Waals surface area contributed by atoms with Crippen LogP contribution in [0.4, 0.5) is 0 Å². The first kappa shape index (κ1) is 23.7. The zero-order chi connectivity index (χ0) is 24.6. The fourth-order valence-electron chi connectivity index (χ4n) is 3.41. The molecule has 10 heteroatoms. The molecule has 0 aliphatic heterocycles. The second kappa shape index (κ2) is 9.03. The average Bonchev–Trinajstić information content (AvgIpc) is 3.45. The number of carbonyl (C=O) groups is 1. The highest BCUT2D eigenvalue weighted by Crippen LogP contribution is 2.27. The predicted molar refractivity (Wildman–Crippen MR) is 127 cm³/mol. The molecule has 0 unspecified atom stereocenters. The van der Waals surface area contributed by atoms with Crippen molar-refractivity contribution < 1.29 is 22.4 Å². The number of pyridine rings is 1. The minimum Gasteiger partial charge on any atom is -0.454 e. The average molecular weight is 483 g/mol. The molecule has 3 aromatic heterocycles. The molecule has 4 rings (SSSR count). The molecule has 1 aromatic carbocycles. The number of furan rings is 1. The van der Waals surface area contributed by atoms with Crippen LogP contribution in [0.5, 0.6) is 0 Å². The first-order chi connectivity index (χ1) is 16.1. The lowest BCUT2D eigenvalue weighted by Gasteiger charge is -2.11. The molecule has 0 radical (unpaired) electrons. The molecule has 34 heavy (non-hydrogen) atoms. The second-order valence-electron chi connectivity index (χ2n) is 8.43. The van der Waals surface area contributed by atoms with Gasteiger partial charge in [-0.25, -0.2) is 27.2 Å². The number of benzene rings is 1. The standard InChI is InChI=1S/C24H26N4O5S/c1-15(2)28-23-20(13-25-28)19(12-21(26-23)17-8-6-16(3)7-9-17)24(29)32-14-18-10-11-22(33-18)34(30,31)27(4)5/h6-13,15H,14H2,1-5H3. The van der Waals surface area contributed by atoms with Crippen molar-refractivity contribution in [1.82, 2.24) is 19.1 Å². The smallest absolute Gasteiger partial charge is 0.339 e. The molecule has 0 fully saturated rings. The Kier molecular flexibility index (Phi) is 6.28. The molecule has 178 valence electrons. The van der Waals surface area contributed by atoms with Gasteiger partial charge < -0.3 is 9.15 Å². The summed E-state index contributed by atoms with van der Waals surface area (Å²) in [6, 6.07) is 12.4. The van der Waals surface area contributed by atoms with Gasteiger partial charge in [0.15, 0.2) is 5.65 Å².